The number of rotatable bonds is 2. The minimum Gasteiger partial charge on any atom is -0.280 e. The zero-order chi connectivity index (χ0) is 5.91. The summed E-state index contributed by atoms with van der Waals surface area (Å²) in [7, 11) is -1.55. The number of hydrogen-bond acceptors (Lipinski definition) is 3. The molecule has 0 aliphatic rings. The summed E-state index contributed by atoms with van der Waals surface area (Å²) in [6.07, 6.45) is 1.02. The fourth-order valence-electron chi connectivity index (χ4n) is 0.214. The van der Waals surface area contributed by atoms with Crippen LogP contribution in [0, 0.1) is 0 Å². The second-order valence-electron chi connectivity index (χ2n) is 1.11. The second-order valence-corrected chi connectivity index (χ2v) is 2.75. The standard InChI is InChI=1S/C2H7BO3S/c1-7(4,5)6-2-3/h2-3H2,1H3. The van der Waals surface area contributed by atoms with Gasteiger partial charge in [0.2, 0.25) is 0 Å². The van der Waals surface area contributed by atoms with Crippen LogP contribution in [0.15, 0.2) is 0 Å². The van der Waals surface area contributed by atoms with Crippen LogP contribution in [-0.4, -0.2) is 29.0 Å². The Morgan fingerprint density at radius 1 is 1.71 bits per heavy atom. The van der Waals surface area contributed by atoms with Crippen LogP contribution in [-0.2, 0) is 14.3 Å². The highest BCUT2D eigenvalue weighted by Crippen LogP contribution is 1.80. The van der Waals surface area contributed by atoms with E-state index in [2.05, 4.69) is 4.18 Å². The molecule has 3 nitrogen and oxygen atoms in total. The molecule has 0 atom stereocenters. The van der Waals surface area contributed by atoms with E-state index in [1.165, 1.54) is 0 Å². The lowest BCUT2D eigenvalue weighted by Crippen LogP contribution is -2.02. The maximum absolute atomic E-state index is 10.0. The van der Waals surface area contributed by atoms with Crippen LogP contribution in [0.3, 0.4) is 0 Å². The SMILES string of the molecule is BCOS(C)(=O)=O. The molecule has 0 aliphatic carbocycles. The van der Waals surface area contributed by atoms with Gasteiger partial charge >= 0.3 is 0 Å². The molecule has 0 heterocycles. The van der Waals surface area contributed by atoms with Gasteiger partial charge in [0, 0.05) is 6.51 Å². The van der Waals surface area contributed by atoms with E-state index in [4.69, 9.17) is 0 Å². The van der Waals surface area contributed by atoms with Gasteiger partial charge in [-0.05, 0) is 0 Å². The predicted molar refractivity (Wildman–Crippen MR) is 29.3 cm³/mol. The highest BCUT2D eigenvalue weighted by molar-refractivity contribution is 7.86. The van der Waals surface area contributed by atoms with Crippen LogP contribution in [0.2, 0.25) is 0 Å². The molecule has 42 valence electrons. The maximum Gasteiger partial charge on any atom is 0.263 e. The molecule has 0 saturated carbocycles. The van der Waals surface area contributed by atoms with Crippen molar-refractivity contribution in [3.63, 3.8) is 0 Å². The summed E-state index contributed by atoms with van der Waals surface area (Å²) in [5.74, 6) is 0. The van der Waals surface area contributed by atoms with Gasteiger partial charge in [0.1, 0.15) is 7.85 Å². The van der Waals surface area contributed by atoms with Crippen molar-refractivity contribution in [2.24, 2.45) is 0 Å². The summed E-state index contributed by atoms with van der Waals surface area (Å²) >= 11 is 0. The van der Waals surface area contributed by atoms with E-state index in [1.54, 1.807) is 7.85 Å². The largest absolute Gasteiger partial charge is 0.280 e. The van der Waals surface area contributed by atoms with Crippen molar-refractivity contribution in [3.05, 3.63) is 0 Å². The third-order valence-corrected chi connectivity index (χ3v) is 0.996. The highest BCUT2D eigenvalue weighted by atomic mass is 32.2. The smallest absolute Gasteiger partial charge is 0.263 e. The average Bonchev–Trinajstić information content (AvgIpc) is 1.30. The summed E-state index contributed by atoms with van der Waals surface area (Å²) in [6.45, 7) is 0.221. The Morgan fingerprint density at radius 2 is 2.14 bits per heavy atom. The lowest BCUT2D eigenvalue weighted by atomic mass is 10.2. The Balaban J connectivity index is 3.60. The van der Waals surface area contributed by atoms with E-state index in [-0.39, 0.29) is 6.51 Å². The molecule has 0 amide bonds. The van der Waals surface area contributed by atoms with Gasteiger partial charge in [0.25, 0.3) is 10.1 Å². The van der Waals surface area contributed by atoms with Crippen molar-refractivity contribution in [1.29, 1.82) is 0 Å². The molecule has 0 aromatic carbocycles. The average molecular weight is 122 g/mol. The monoisotopic (exact) mass is 122 g/mol. The molecule has 0 rings (SSSR count). The first-order chi connectivity index (χ1) is 3.06. The molecule has 0 aliphatic heterocycles. The Labute approximate surface area is 44.2 Å². The minimum atomic E-state index is -3.17. The first-order valence-corrected chi connectivity index (χ1v) is 3.72. The van der Waals surface area contributed by atoms with Crippen molar-refractivity contribution < 1.29 is 12.6 Å². The zero-order valence-corrected chi connectivity index (χ0v) is 5.16. The van der Waals surface area contributed by atoms with Gasteiger partial charge in [-0.15, -0.1) is 0 Å². The fraction of sp³-hybridized carbons (Fsp3) is 1.00. The molecular formula is C2H7BO3S. The molecule has 5 heteroatoms. The van der Waals surface area contributed by atoms with Crippen LogP contribution < -0.4 is 0 Å². The molecule has 0 saturated heterocycles. The van der Waals surface area contributed by atoms with Crippen molar-refractivity contribution in [2.45, 2.75) is 0 Å². The maximum atomic E-state index is 10.0. The third-order valence-electron chi connectivity index (χ3n) is 0.332. The van der Waals surface area contributed by atoms with Crippen LogP contribution in [0.25, 0.3) is 0 Å². The minimum absolute atomic E-state index is 0.221. The van der Waals surface area contributed by atoms with E-state index >= 15 is 0 Å². The van der Waals surface area contributed by atoms with Gasteiger partial charge in [-0.1, -0.05) is 0 Å². The highest BCUT2D eigenvalue weighted by Gasteiger charge is 1.94. The molecule has 0 fully saturated rings. The van der Waals surface area contributed by atoms with Gasteiger partial charge in [-0.2, -0.15) is 8.42 Å². The molecule has 7 heavy (non-hydrogen) atoms. The predicted octanol–water partition coefficient (Wildman–Crippen LogP) is -1.45. The van der Waals surface area contributed by atoms with Crippen molar-refractivity contribution in [3.8, 4) is 0 Å². The topological polar surface area (TPSA) is 43.4 Å². The van der Waals surface area contributed by atoms with Crippen LogP contribution in [0.4, 0.5) is 0 Å². The molecule has 0 bridgehead atoms. The lowest BCUT2D eigenvalue weighted by Gasteiger charge is -1.90. The van der Waals surface area contributed by atoms with Crippen molar-refractivity contribution >= 4 is 18.0 Å². The van der Waals surface area contributed by atoms with E-state index in [0.717, 1.165) is 6.26 Å². The summed E-state index contributed by atoms with van der Waals surface area (Å²) in [5, 5.41) is 0. The van der Waals surface area contributed by atoms with Gasteiger partial charge < -0.3 is 0 Å². The van der Waals surface area contributed by atoms with Crippen molar-refractivity contribution in [2.75, 3.05) is 12.8 Å². The fourth-order valence-corrected chi connectivity index (χ4v) is 0.642. The first kappa shape index (κ1) is 6.97. The second kappa shape index (κ2) is 2.33. The van der Waals surface area contributed by atoms with E-state index < -0.39 is 10.1 Å². The van der Waals surface area contributed by atoms with E-state index in [9.17, 15) is 8.42 Å². The molecule has 0 aromatic heterocycles. The first-order valence-electron chi connectivity index (χ1n) is 1.90. The molecule has 0 aromatic rings. The van der Waals surface area contributed by atoms with Gasteiger partial charge in [-0.25, -0.2) is 0 Å². The third kappa shape index (κ3) is 5.97. The Hall–Kier alpha value is -0.0251. The summed E-state index contributed by atoms with van der Waals surface area (Å²) in [6, 6.07) is 0. The molecule has 0 radical (unpaired) electrons. The lowest BCUT2D eigenvalue weighted by molar-refractivity contribution is 0.382. The van der Waals surface area contributed by atoms with Crippen molar-refractivity contribution in [1.82, 2.24) is 0 Å². The molecule has 0 spiro atoms. The summed E-state index contributed by atoms with van der Waals surface area (Å²) in [4.78, 5) is 0. The Bertz CT molecular complexity index is 126. The Morgan fingerprint density at radius 3 is 2.14 bits per heavy atom. The molecular weight excluding hydrogens is 115 g/mol. The summed E-state index contributed by atoms with van der Waals surface area (Å²) < 4.78 is 24.2. The van der Waals surface area contributed by atoms with E-state index in [1.807, 2.05) is 0 Å². The quantitative estimate of drug-likeness (QED) is 0.332. The van der Waals surface area contributed by atoms with E-state index in [0.29, 0.717) is 0 Å². The van der Waals surface area contributed by atoms with Gasteiger partial charge in [-0.3, -0.25) is 4.18 Å². The normalized spacial score (nSPS) is 11.6. The number of hydrogen-bond donors (Lipinski definition) is 0. The van der Waals surface area contributed by atoms with Gasteiger partial charge in [0.15, 0.2) is 0 Å². The van der Waals surface area contributed by atoms with Crippen LogP contribution in [0.1, 0.15) is 0 Å². The van der Waals surface area contributed by atoms with Crippen LogP contribution >= 0.6 is 0 Å². The van der Waals surface area contributed by atoms with Gasteiger partial charge in [0.05, 0.1) is 6.26 Å². The molecule has 0 N–H and O–H groups in total. The summed E-state index contributed by atoms with van der Waals surface area (Å²) in [5.41, 5.74) is 0. The van der Waals surface area contributed by atoms with Crippen LogP contribution in [0.5, 0.6) is 0 Å². The zero-order valence-electron chi connectivity index (χ0n) is 4.34. The molecule has 0 unspecified atom stereocenters. The Kier molecular flexibility index (Phi) is 2.32.